The Morgan fingerprint density at radius 3 is 3.12 bits per heavy atom. The quantitative estimate of drug-likeness (QED) is 0.848. The van der Waals surface area contributed by atoms with E-state index in [1.165, 1.54) is 6.07 Å². The van der Waals surface area contributed by atoms with Crippen LogP contribution in [0.5, 0.6) is 0 Å². The third kappa shape index (κ3) is 2.08. The van der Waals surface area contributed by atoms with Crippen molar-refractivity contribution >= 4 is 27.0 Å². The molecule has 1 aliphatic heterocycles. The Morgan fingerprint density at radius 1 is 1.47 bits per heavy atom. The summed E-state index contributed by atoms with van der Waals surface area (Å²) in [7, 11) is 0. The summed E-state index contributed by atoms with van der Waals surface area (Å²) in [6, 6.07) is 3.10. The highest BCUT2D eigenvalue weighted by atomic mass is 79.9. The number of hydrogen-bond acceptors (Lipinski definition) is 3. The van der Waals surface area contributed by atoms with Gasteiger partial charge in [0, 0.05) is 19.2 Å². The molecule has 1 unspecified atom stereocenters. The van der Waals surface area contributed by atoms with E-state index in [4.69, 9.17) is 4.74 Å². The number of fused-ring (bicyclic) bond motifs is 1. The maximum atomic E-state index is 13.4. The zero-order chi connectivity index (χ0) is 11.8. The van der Waals surface area contributed by atoms with Crippen molar-refractivity contribution in [1.82, 2.24) is 15.3 Å². The van der Waals surface area contributed by atoms with Gasteiger partial charge in [0.1, 0.15) is 17.7 Å². The Hall–Kier alpha value is -0.980. The number of H-pyrrole nitrogens is 1. The van der Waals surface area contributed by atoms with Crippen LogP contribution in [-0.2, 0) is 4.74 Å². The van der Waals surface area contributed by atoms with E-state index in [0.29, 0.717) is 16.6 Å². The van der Waals surface area contributed by atoms with Gasteiger partial charge in [-0.1, -0.05) is 0 Å². The summed E-state index contributed by atoms with van der Waals surface area (Å²) >= 11 is 3.15. The monoisotopic (exact) mass is 299 g/mol. The van der Waals surface area contributed by atoms with Crippen LogP contribution in [0.15, 0.2) is 16.6 Å². The lowest BCUT2D eigenvalue weighted by Crippen LogP contribution is -2.33. The highest BCUT2D eigenvalue weighted by Gasteiger charge is 2.19. The topological polar surface area (TPSA) is 49.9 Å². The molecule has 90 valence electrons. The van der Waals surface area contributed by atoms with Crippen LogP contribution in [0.1, 0.15) is 11.9 Å². The van der Waals surface area contributed by atoms with Gasteiger partial charge in [-0.15, -0.1) is 0 Å². The number of imidazole rings is 1. The van der Waals surface area contributed by atoms with Gasteiger partial charge in [0.25, 0.3) is 0 Å². The number of rotatable bonds is 1. The zero-order valence-corrected chi connectivity index (χ0v) is 10.6. The van der Waals surface area contributed by atoms with Gasteiger partial charge in [0.2, 0.25) is 0 Å². The Labute approximate surface area is 106 Å². The van der Waals surface area contributed by atoms with Crippen LogP contribution < -0.4 is 5.32 Å². The average Bonchev–Trinajstić information content (AvgIpc) is 2.74. The van der Waals surface area contributed by atoms with Crippen LogP contribution in [0.2, 0.25) is 0 Å². The van der Waals surface area contributed by atoms with E-state index in [-0.39, 0.29) is 11.9 Å². The molecule has 6 heteroatoms. The fraction of sp³-hybridized carbons (Fsp3) is 0.364. The standard InChI is InChI=1S/C11H11BrFN3O/c12-6-3-8-9(4-7(6)13)16-11(15-8)10-5-14-1-2-17-10/h3-4,10,14H,1-2,5H2,(H,15,16). The van der Waals surface area contributed by atoms with E-state index in [9.17, 15) is 4.39 Å². The first-order chi connectivity index (χ1) is 8.24. The van der Waals surface area contributed by atoms with Crippen LogP contribution in [0.4, 0.5) is 4.39 Å². The number of morpholine rings is 1. The summed E-state index contributed by atoms with van der Waals surface area (Å²) in [6.07, 6.45) is -0.0852. The van der Waals surface area contributed by atoms with Gasteiger partial charge in [0.05, 0.1) is 22.1 Å². The minimum atomic E-state index is -0.296. The molecule has 17 heavy (non-hydrogen) atoms. The largest absolute Gasteiger partial charge is 0.368 e. The van der Waals surface area contributed by atoms with Crippen molar-refractivity contribution in [3.05, 3.63) is 28.2 Å². The third-order valence-corrected chi connectivity index (χ3v) is 3.38. The van der Waals surface area contributed by atoms with E-state index in [1.54, 1.807) is 6.07 Å². The summed E-state index contributed by atoms with van der Waals surface area (Å²) < 4.78 is 19.4. The molecule has 1 fully saturated rings. The van der Waals surface area contributed by atoms with E-state index in [1.807, 2.05) is 0 Å². The first kappa shape index (κ1) is 11.1. The molecule has 0 radical (unpaired) electrons. The van der Waals surface area contributed by atoms with Crippen molar-refractivity contribution in [2.45, 2.75) is 6.10 Å². The second kappa shape index (κ2) is 4.36. The Balaban J connectivity index is 2.00. The zero-order valence-electron chi connectivity index (χ0n) is 8.96. The first-order valence-electron chi connectivity index (χ1n) is 5.41. The SMILES string of the molecule is Fc1cc2[nH]c(C3CNCCO3)nc2cc1Br. The van der Waals surface area contributed by atoms with Crippen LogP contribution in [0.3, 0.4) is 0 Å². The molecule has 2 heterocycles. The lowest BCUT2D eigenvalue weighted by molar-refractivity contribution is 0.0228. The molecular weight excluding hydrogens is 289 g/mol. The second-order valence-electron chi connectivity index (χ2n) is 3.97. The summed E-state index contributed by atoms with van der Waals surface area (Å²) in [5.74, 6) is 0.445. The minimum Gasteiger partial charge on any atom is -0.368 e. The highest BCUT2D eigenvalue weighted by molar-refractivity contribution is 9.10. The van der Waals surface area contributed by atoms with Gasteiger partial charge in [-0.3, -0.25) is 0 Å². The Kier molecular flexibility index (Phi) is 2.85. The summed E-state index contributed by atoms with van der Waals surface area (Å²) in [6.45, 7) is 2.25. The van der Waals surface area contributed by atoms with Gasteiger partial charge in [-0.2, -0.15) is 0 Å². The van der Waals surface area contributed by atoms with Crippen LogP contribution in [-0.4, -0.2) is 29.7 Å². The number of hydrogen-bond donors (Lipinski definition) is 2. The van der Waals surface area contributed by atoms with Crippen LogP contribution in [0, 0.1) is 5.82 Å². The molecule has 3 rings (SSSR count). The molecule has 0 bridgehead atoms. The molecular formula is C11H11BrFN3O. The summed E-state index contributed by atoms with van der Waals surface area (Å²) in [5, 5.41) is 3.23. The molecule has 4 nitrogen and oxygen atoms in total. The fourth-order valence-electron chi connectivity index (χ4n) is 1.92. The van der Waals surface area contributed by atoms with Crippen molar-refractivity contribution in [3.8, 4) is 0 Å². The molecule has 1 aliphatic rings. The molecule has 1 aromatic carbocycles. The second-order valence-corrected chi connectivity index (χ2v) is 4.82. The summed E-state index contributed by atoms with van der Waals surface area (Å²) in [5.41, 5.74) is 1.43. The molecule has 2 N–H and O–H groups in total. The maximum Gasteiger partial charge on any atom is 0.139 e. The predicted octanol–water partition coefficient (Wildman–Crippen LogP) is 2.13. The molecule has 1 atom stereocenters. The van der Waals surface area contributed by atoms with Crippen molar-refractivity contribution in [3.63, 3.8) is 0 Å². The molecule has 1 aromatic heterocycles. The predicted molar refractivity (Wildman–Crippen MR) is 65.3 cm³/mol. The molecule has 0 spiro atoms. The number of aromatic amines is 1. The maximum absolute atomic E-state index is 13.4. The van der Waals surface area contributed by atoms with Crippen molar-refractivity contribution in [2.24, 2.45) is 0 Å². The number of nitrogens with one attached hydrogen (secondary N) is 2. The lowest BCUT2D eigenvalue weighted by Gasteiger charge is -2.21. The molecule has 0 amide bonds. The van der Waals surface area contributed by atoms with Gasteiger partial charge < -0.3 is 15.0 Å². The lowest BCUT2D eigenvalue weighted by atomic mass is 10.3. The van der Waals surface area contributed by atoms with Gasteiger partial charge in [-0.05, 0) is 22.0 Å². The van der Waals surface area contributed by atoms with Gasteiger partial charge in [-0.25, -0.2) is 9.37 Å². The molecule has 1 saturated heterocycles. The minimum absolute atomic E-state index is 0.0852. The number of aromatic nitrogens is 2. The number of nitrogens with zero attached hydrogens (tertiary/aromatic N) is 1. The Bertz CT molecular complexity index is 512. The normalized spacial score (nSPS) is 20.9. The van der Waals surface area contributed by atoms with E-state index < -0.39 is 0 Å². The number of ether oxygens (including phenoxy) is 1. The Morgan fingerprint density at radius 2 is 2.35 bits per heavy atom. The fourth-order valence-corrected chi connectivity index (χ4v) is 2.25. The van der Waals surface area contributed by atoms with E-state index >= 15 is 0 Å². The summed E-state index contributed by atoms with van der Waals surface area (Å²) in [4.78, 5) is 7.52. The van der Waals surface area contributed by atoms with E-state index in [2.05, 4.69) is 31.2 Å². The smallest absolute Gasteiger partial charge is 0.139 e. The number of halogens is 2. The van der Waals surface area contributed by atoms with Crippen molar-refractivity contribution in [1.29, 1.82) is 0 Å². The molecule has 0 aliphatic carbocycles. The van der Waals surface area contributed by atoms with Crippen molar-refractivity contribution < 1.29 is 9.13 Å². The van der Waals surface area contributed by atoms with Crippen molar-refractivity contribution in [2.75, 3.05) is 19.7 Å². The van der Waals surface area contributed by atoms with Gasteiger partial charge in [0.15, 0.2) is 0 Å². The highest BCUT2D eigenvalue weighted by Crippen LogP contribution is 2.24. The van der Waals surface area contributed by atoms with Crippen LogP contribution >= 0.6 is 15.9 Å². The third-order valence-electron chi connectivity index (χ3n) is 2.77. The molecule has 0 saturated carbocycles. The number of benzene rings is 1. The average molecular weight is 300 g/mol. The van der Waals surface area contributed by atoms with Crippen LogP contribution in [0.25, 0.3) is 11.0 Å². The first-order valence-corrected chi connectivity index (χ1v) is 6.20. The van der Waals surface area contributed by atoms with E-state index in [0.717, 1.165) is 24.4 Å². The molecule has 2 aromatic rings. The van der Waals surface area contributed by atoms with Gasteiger partial charge >= 0.3 is 0 Å².